The van der Waals surface area contributed by atoms with Crippen molar-refractivity contribution in [3.05, 3.63) is 40.7 Å². The fourth-order valence-electron chi connectivity index (χ4n) is 3.53. The summed E-state index contributed by atoms with van der Waals surface area (Å²) in [5.41, 5.74) is 2.32. The number of benzene rings is 1. The maximum Gasteiger partial charge on any atom is 0.173 e. The molecule has 116 valence electrons. The summed E-state index contributed by atoms with van der Waals surface area (Å²) < 4.78 is 19.2. The van der Waals surface area contributed by atoms with Crippen molar-refractivity contribution >= 4 is 11.6 Å². The minimum absolute atomic E-state index is 0.181. The average Bonchev–Trinajstić information content (AvgIpc) is 2.45. The maximum atomic E-state index is 14.1. The van der Waals surface area contributed by atoms with Crippen LogP contribution in [0, 0.1) is 11.2 Å². The largest absolute Gasteiger partial charge is 0.492 e. The van der Waals surface area contributed by atoms with Gasteiger partial charge in [-0.2, -0.15) is 0 Å². The summed E-state index contributed by atoms with van der Waals surface area (Å²) in [7, 11) is 1.46. The highest BCUT2D eigenvalue weighted by Gasteiger charge is 2.34. The van der Waals surface area contributed by atoms with Crippen LogP contribution in [0.3, 0.4) is 0 Å². The van der Waals surface area contributed by atoms with Crippen LogP contribution >= 0.6 is 11.6 Å². The molecule has 2 rings (SSSR count). The van der Waals surface area contributed by atoms with Gasteiger partial charge in [0.15, 0.2) is 11.6 Å². The molecule has 0 saturated heterocycles. The first kappa shape index (κ1) is 16.4. The van der Waals surface area contributed by atoms with E-state index in [1.54, 1.807) is 6.07 Å². The van der Waals surface area contributed by atoms with Crippen LogP contribution in [-0.4, -0.2) is 7.11 Å². The lowest BCUT2D eigenvalue weighted by molar-refractivity contribution is 0.220. The average molecular weight is 311 g/mol. The molecule has 1 unspecified atom stereocenters. The van der Waals surface area contributed by atoms with Crippen molar-refractivity contribution in [2.45, 2.75) is 51.9 Å². The zero-order valence-corrected chi connectivity index (χ0v) is 13.7. The molecule has 1 aliphatic rings. The fraction of sp³-hybridized carbons (Fsp3) is 0.556. The molecule has 0 fully saturated rings. The van der Waals surface area contributed by atoms with Gasteiger partial charge in [-0.15, -0.1) is 6.58 Å². The van der Waals surface area contributed by atoms with Gasteiger partial charge in [-0.1, -0.05) is 37.4 Å². The van der Waals surface area contributed by atoms with E-state index in [1.807, 2.05) is 6.08 Å². The molecular formula is C18H24ClFO. The lowest BCUT2D eigenvalue weighted by atomic mass is 9.67. The van der Waals surface area contributed by atoms with Gasteiger partial charge in [0.1, 0.15) is 0 Å². The monoisotopic (exact) mass is 310 g/mol. The number of allylic oxidation sites excluding steroid dienone is 1. The molecule has 0 N–H and O–H groups in total. The highest BCUT2D eigenvalue weighted by atomic mass is 35.5. The molecule has 0 saturated carbocycles. The van der Waals surface area contributed by atoms with Crippen molar-refractivity contribution in [1.82, 2.24) is 0 Å². The predicted octanol–water partition coefficient (Wildman–Crippen LogP) is 5.73. The van der Waals surface area contributed by atoms with E-state index in [4.69, 9.17) is 16.3 Å². The standard InChI is InChI=1S/C18H24ClFO/c1-4-6-9-18(8-5-2)10-7-14-13(12-18)11-15(20)17(21-3)16(14)19/h5,11H,2,4,6-10,12H2,1,3H3. The van der Waals surface area contributed by atoms with Gasteiger partial charge in [0.05, 0.1) is 12.1 Å². The maximum absolute atomic E-state index is 14.1. The quantitative estimate of drug-likeness (QED) is 0.610. The minimum Gasteiger partial charge on any atom is -0.492 e. The normalized spacial score (nSPS) is 21.0. The lowest BCUT2D eigenvalue weighted by Gasteiger charge is -2.38. The van der Waals surface area contributed by atoms with Crippen LogP contribution < -0.4 is 4.74 Å². The lowest BCUT2D eigenvalue weighted by Crippen LogP contribution is -2.29. The Bertz CT molecular complexity index is 526. The summed E-state index contributed by atoms with van der Waals surface area (Å²) in [4.78, 5) is 0. The summed E-state index contributed by atoms with van der Waals surface area (Å²) in [5, 5.41) is 0.454. The Morgan fingerprint density at radius 1 is 1.52 bits per heavy atom. The Labute approximate surface area is 132 Å². The Kier molecular flexibility index (Phi) is 5.32. The van der Waals surface area contributed by atoms with E-state index in [0.717, 1.165) is 36.8 Å². The molecule has 1 aromatic rings. The first-order valence-electron chi connectivity index (χ1n) is 7.71. The third-order valence-corrected chi connectivity index (χ3v) is 5.08. The third-order valence-electron chi connectivity index (χ3n) is 4.68. The first-order chi connectivity index (χ1) is 10.1. The van der Waals surface area contributed by atoms with Gasteiger partial charge in [-0.25, -0.2) is 4.39 Å². The van der Waals surface area contributed by atoms with Crippen molar-refractivity contribution < 1.29 is 9.13 Å². The molecule has 1 aliphatic carbocycles. The highest BCUT2D eigenvalue weighted by Crippen LogP contribution is 2.46. The van der Waals surface area contributed by atoms with Gasteiger partial charge in [0, 0.05) is 0 Å². The summed E-state index contributed by atoms with van der Waals surface area (Å²) in [5.74, 6) is -0.175. The van der Waals surface area contributed by atoms with Crippen molar-refractivity contribution in [3.63, 3.8) is 0 Å². The second kappa shape index (κ2) is 6.83. The van der Waals surface area contributed by atoms with E-state index in [0.29, 0.717) is 5.02 Å². The number of fused-ring (bicyclic) bond motifs is 1. The summed E-state index contributed by atoms with van der Waals surface area (Å²) >= 11 is 6.32. The van der Waals surface area contributed by atoms with E-state index >= 15 is 0 Å². The summed E-state index contributed by atoms with van der Waals surface area (Å²) in [6, 6.07) is 1.61. The van der Waals surface area contributed by atoms with Crippen LogP contribution in [0.2, 0.25) is 5.02 Å². The van der Waals surface area contributed by atoms with Gasteiger partial charge < -0.3 is 4.74 Å². The zero-order chi connectivity index (χ0) is 15.5. The molecule has 21 heavy (non-hydrogen) atoms. The van der Waals surface area contributed by atoms with Gasteiger partial charge in [-0.3, -0.25) is 0 Å². The third kappa shape index (κ3) is 3.26. The van der Waals surface area contributed by atoms with Crippen molar-refractivity contribution in [3.8, 4) is 5.75 Å². The Balaban J connectivity index is 2.36. The molecule has 0 heterocycles. The first-order valence-corrected chi connectivity index (χ1v) is 8.09. The van der Waals surface area contributed by atoms with Crippen LogP contribution in [0.5, 0.6) is 5.75 Å². The number of methoxy groups -OCH3 is 1. The molecule has 0 amide bonds. The van der Waals surface area contributed by atoms with Crippen LogP contribution in [0.25, 0.3) is 0 Å². The molecule has 1 nitrogen and oxygen atoms in total. The molecule has 1 atom stereocenters. The zero-order valence-electron chi connectivity index (χ0n) is 13.0. The number of hydrogen-bond acceptors (Lipinski definition) is 1. The minimum atomic E-state index is -0.355. The molecular weight excluding hydrogens is 287 g/mol. The van der Waals surface area contributed by atoms with Crippen LogP contribution in [0.1, 0.15) is 50.2 Å². The second-order valence-electron chi connectivity index (χ2n) is 6.12. The van der Waals surface area contributed by atoms with E-state index in [2.05, 4.69) is 13.5 Å². The van der Waals surface area contributed by atoms with Crippen molar-refractivity contribution in [1.29, 1.82) is 0 Å². The smallest absolute Gasteiger partial charge is 0.173 e. The summed E-state index contributed by atoms with van der Waals surface area (Å²) in [6.07, 6.45) is 9.40. The molecule has 0 radical (unpaired) electrons. The molecule has 3 heteroatoms. The molecule has 0 aromatic heterocycles. The Hall–Kier alpha value is -1.02. The van der Waals surface area contributed by atoms with Gasteiger partial charge >= 0.3 is 0 Å². The van der Waals surface area contributed by atoms with Crippen LogP contribution in [-0.2, 0) is 12.8 Å². The number of rotatable bonds is 6. The predicted molar refractivity (Wildman–Crippen MR) is 86.8 cm³/mol. The topological polar surface area (TPSA) is 9.23 Å². The van der Waals surface area contributed by atoms with Crippen molar-refractivity contribution in [2.75, 3.05) is 7.11 Å². The molecule has 0 spiro atoms. The van der Waals surface area contributed by atoms with E-state index < -0.39 is 0 Å². The molecule has 0 bridgehead atoms. The number of hydrogen-bond donors (Lipinski definition) is 0. The fourth-order valence-corrected chi connectivity index (χ4v) is 3.92. The Morgan fingerprint density at radius 2 is 2.29 bits per heavy atom. The number of unbranched alkanes of at least 4 members (excludes halogenated alkanes) is 1. The summed E-state index contributed by atoms with van der Waals surface area (Å²) in [6.45, 7) is 6.11. The van der Waals surface area contributed by atoms with Crippen molar-refractivity contribution in [2.24, 2.45) is 5.41 Å². The van der Waals surface area contributed by atoms with Gasteiger partial charge in [0.25, 0.3) is 0 Å². The van der Waals surface area contributed by atoms with Crippen LogP contribution in [0.4, 0.5) is 4.39 Å². The van der Waals surface area contributed by atoms with E-state index in [-0.39, 0.29) is 17.0 Å². The van der Waals surface area contributed by atoms with Crippen LogP contribution in [0.15, 0.2) is 18.7 Å². The van der Waals surface area contributed by atoms with E-state index in [1.165, 1.54) is 26.4 Å². The second-order valence-corrected chi connectivity index (χ2v) is 6.49. The molecule has 0 aliphatic heterocycles. The number of ether oxygens (including phenoxy) is 1. The molecule has 1 aromatic carbocycles. The van der Waals surface area contributed by atoms with Gasteiger partial charge in [0.2, 0.25) is 0 Å². The van der Waals surface area contributed by atoms with Gasteiger partial charge in [-0.05, 0) is 54.7 Å². The number of halogens is 2. The Morgan fingerprint density at radius 3 is 2.90 bits per heavy atom. The SMILES string of the molecule is C=CCC1(CCCC)CCc2c(cc(F)c(OC)c2Cl)C1. The van der Waals surface area contributed by atoms with E-state index in [9.17, 15) is 4.39 Å². The highest BCUT2D eigenvalue weighted by molar-refractivity contribution is 6.33.